The van der Waals surface area contributed by atoms with Gasteiger partial charge < -0.3 is 10.2 Å². The third-order valence-electron chi connectivity index (χ3n) is 3.50. The van der Waals surface area contributed by atoms with E-state index in [0.717, 1.165) is 18.4 Å². The summed E-state index contributed by atoms with van der Waals surface area (Å²) >= 11 is 5.67. The van der Waals surface area contributed by atoms with Crippen molar-refractivity contribution < 1.29 is 14.6 Å². The van der Waals surface area contributed by atoms with Gasteiger partial charge in [-0.25, -0.2) is 4.39 Å². The molecule has 1 aromatic carbocycles. The van der Waals surface area contributed by atoms with Gasteiger partial charge in [0, 0.05) is 6.42 Å². The van der Waals surface area contributed by atoms with Crippen LogP contribution in [-0.4, -0.2) is 21.9 Å². The zero-order valence-electron chi connectivity index (χ0n) is 9.50. The molecule has 1 unspecified atom stereocenters. The summed E-state index contributed by atoms with van der Waals surface area (Å²) in [7, 11) is 0. The van der Waals surface area contributed by atoms with E-state index in [-0.39, 0.29) is 5.02 Å². The van der Waals surface area contributed by atoms with E-state index in [2.05, 4.69) is 0 Å². The summed E-state index contributed by atoms with van der Waals surface area (Å²) in [6.07, 6.45) is 2.63. The van der Waals surface area contributed by atoms with Crippen molar-refractivity contribution in [1.82, 2.24) is 0 Å². The van der Waals surface area contributed by atoms with Gasteiger partial charge in [0.15, 0.2) is 0 Å². The molecule has 94 valence electrons. The largest absolute Gasteiger partial charge is 0.390 e. The van der Waals surface area contributed by atoms with Gasteiger partial charge in [-0.1, -0.05) is 30.5 Å². The Balaban J connectivity index is 2.07. The van der Waals surface area contributed by atoms with Gasteiger partial charge in [0.05, 0.1) is 16.7 Å². The van der Waals surface area contributed by atoms with Gasteiger partial charge in [-0.3, -0.25) is 0 Å². The van der Waals surface area contributed by atoms with E-state index in [0.29, 0.717) is 19.3 Å². The first-order valence-corrected chi connectivity index (χ1v) is 6.23. The van der Waals surface area contributed by atoms with Crippen LogP contribution >= 0.6 is 11.6 Å². The van der Waals surface area contributed by atoms with Crippen LogP contribution in [0.25, 0.3) is 0 Å². The average molecular weight is 259 g/mol. The highest BCUT2D eigenvalue weighted by atomic mass is 35.5. The summed E-state index contributed by atoms with van der Waals surface area (Å²) in [5.74, 6) is -0.468. The number of benzene rings is 1. The van der Waals surface area contributed by atoms with E-state index >= 15 is 0 Å². The van der Waals surface area contributed by atoms with E-state index in [9.17, 15) is 14.6 Å². The Morgan fingerprint density at radius 2 is 2.00 bits per heavy atom. The number of halogens is 2. The highest BCUT2D eigenvalue weighted by molar-refractivity contribution is 6.30. The van der Waals surface area contributed by atoms with Gasteiger partial charge in [0.1, 0.15) is 5.82 Å². The molecule has 2 N–H and O–H groups in total. The molecule has 0 saturated heterocycles. The average Bonchev–Trinajstić information content (AvgIpc) is 2.72. The van der Waals surface area contributed by atoms with Crippen molar-refractivity contribution in [3.63, 3.8) is 0 Å². The van der Waals surface area contributed by atoms with Crippen molar-refractivity contribution in [1.29, 1.82) is 0 Å². The number of hydrogen-bond donors (Lipinski definition) is 2. The van der Waals surface area contributed by atoms with E-state index in [1.807, 2.05) is 0 Å². The lowest BCUT2D eigenvalue weighted by Crippen LogP contribution is -2.40. The topological polar surface area (TPSA) is 40.5 Å². The second-order valence-electron chi connectivity index (χ2n) is 4.78. The second kappa shape index (κ2) is 4.92. The maximum Gasteiger partial charge on any atom is 0.141 e. The molecule has 17 heavy (non-hydrogen) atoms. The van der Waals surface area contributed by atoms with Crippen LogP contribution in [0.1, 0.15) is 31.2 Å². The highest BCUT2D eigenvalue weighted by Gasteiger charge is 2.38. The molecule has 0 aliphatic heterocycles. The third-order valence-corrected chi connectivity index (χ3v) is 3.79. The molecule has 0 aromatic heterocycles. The van der Waals surface area contributed by atoms with Crippen molar-refractivity contribution in [2.75, 3.05) is 0 Å². The van der Waals surface area contributed by atoms with Crippen molar-refractivity contribution in [3.8, 4) is 0 Å². The summed E-state index contributed by atoms with van der Waals surface area (Å²) in [6.45, 7) is 0. The first kappa shape index (κ1) is 12.8. The van der Waals surface area contributed by atoms with Gasteiger partial charge >= 0.3 is 0 Å². The summed E-state index contributed by atoms with van der Waals surface area (Å²) in [6, 6.07) is 4.37. The first-order chi connectivity index (χ1) is 8.01. The number of aliphatic hydroxyl groups is 2. The monoisotopic (exact) mass is 258 g/mol. The third kappa shape index (κ3) is 2.79. The maximum atomic E-state index is 13.0. The van der Waals surface area contributed by atoms with E-state index < -0.39 is 17.5 Å². The quantitative estimate of drug-likeness (QED) is 0.875. The van der Waals surface area contributed by atoms with Crippen molar-refractivity contribution in [3.05, 3.63) is 34.6 Å². The normalized spacial score (nSPS) is 20.5. The fourth-order valence-electron chi connectivity index (χ4n) is 2.40. The fourth-order valence-corrected chi connectivity index (χ4v) is 2.60. The highest BCUT2D eigenvalue weighted by Crippen LogP contribution is 2.34. The van der Waals surface area contributed by atoms with Gasteiger partial charge in [-0.2, -0.15) is 0 Å². The molecule has 0 bridgehead atoms. The maximum absolute atomic E-state index is 13.0. The summed E-state index contributed by atoms with van der Waals surface area (Å²) in [5, 5.41) is 20.3. The molecule has 1 atom stereocenters. The molecule has 1 fully saturated rings. The molecule has 0 radical (unpaired) electrons. The smallest absolute Gasteiger partial charge is 0.141 e. The lowest BCUT2D eigenvalue weighted by molar-refractivity contribution is -0.0689. The van der Waals surface area contributed by atoms with Crippen LogP contribution in [0.4, 0.5) is 4.39 Å². The predicted molar refractivity (Wildman–Crippen MR) is 64.5 cm³/mol. The standard InChI is InChI=1S/C13H16ClFO2/c14-10-7-9(3-4-11(10)15)8-12(16)13(17)5-1-2-6-13/h3-4,7,12,16-17H,1-2,5-6,8H2. The van der Waals surface area contributed by atoms with Crippen molar-refractivity contribution in [2.24, 2.45) is 0 Å². The Labute approximate surface area is 105 Å². The minimum absolute atomic E-state index is 0.0492. The Morgan fingerprint density at radius 3 is 2.59 bits per heavy atom. The molecule has 2 rings (SSSR count). The Kier molecular flexibility index (Phi) is 3.71. The second-order valence-corrected chi connectivity index (χ2v) is 5.19. The molecule has 1 aliphatic carbocycles. The van der Waals surface area contributed by atoms with E-state index in [4.69, 9.17) is 11.6 Å². The molecular weight excluding hydrogens is 243 g/mol. The van der Waals surface area contributed by atoms with Crippen molar-refractivity contribution >= 4 is 11.6 Å². The van der Waals surface area contributed by atoms with Gasteiger partial charge in [-0.15, -0.1) is 0 Å². The summed E-state index contributed by atoms with van der Waals surface area (Å²) < 4.78 is 13.0. The minimum Gasteiger partial charge on any atom is -0.390 e. The van der Waals surface area contributed by atoms with Gasteiger partial charge in [-0.05, 0) is 30.5 Å². The van der Waals surface area contributed by atoms with Crippen LogP contribution in [0.3, 0.4) is 0 Å². The Morgan fingerprint density at radius 1 is 1.35 bits per heavy atom. The molecule has 0 spiro atoms. The molecule has 0 heterocycles. The summed E-state index contributed by atoms with van der Waals surface area (Å²) in [4.78, 5) is 0. The van der Waals surface area contributed by atoms with Crippen LogP contribution < -0.4 is 0 Å². The number of rotatable bonds is 3. The molecule has 4 heteroatoms. The molecule has 1 saturated carbocycles. The van der Waals surface area contributed by atoms with E-state index in [1.54, 1.807) is 6.07 Å². The Hall–Kier alpha value is -0.640. The lowest BCUT2D eigenvalue weighted by atomic mass is 9.90. The molecule has 1 aliphatic rings. The van der Waals surface area contributed by atoms with Crippen LogP contribution in [0.2, 0.25) is 5.02 Å². The SMILES string of the molecule is OC(Cc1ccc(F)c(Cl)c1)C1(O)CCCC1. The van der Waals surface area contributed by atoms with Crippen LogP contribution in [0, 0.1) is 5.82 Å². The van der Waals surface area contributed by atoms with Crippen LogP contribution in [0.15, 0.2) is 18.2 Å². The minimum atomic E-state index is -0.985. The molecule has 1 aromatic rings. The molecule has 0 amide bonds. The van der Waals surface area contributed by atoms with Crippen molar-refractivity contribution in [2.45, 2.75) is 43.8 Å². The first-order valence-electron chi connectivity index (χ1n) is 5.86. The molecule has 2 nitrogen and oxygen atoms in total. The van der Waals surface area contributed by atoms with Crippen LogP contribution in [-0.2, 0) is 6.42 Å². The zero-order chi connectivity index (χ0) is 12.5. The fraction of sp³-hybridized carbons (Fsp3) is 0.538. The van der Waals surface area contributed by atoms with Gasteiger partial charge in [0.2, 0.25) is 0 Å². The number of hydrogen-bond acceptors (Lipinski definition) is 2. The van der Waals surface area contributed by atoms with Gasteiger partial charge in [0.25, 0.3) is 0 Å². The number of aliphatic hydroxyl groups excluding tert-OH is 1. The van der Waals surface area contributed by atoms with Crippen LogP contribution in [0.5, 0.6) is 0 Å². The van der Waals surface area contributed by atoms with E-state index in [1.165, 1.54) is 12.1 Å². The zero-order valence-corrected chi connectivity index (χ0v) is 10.3. The lowest BCUT2D eigenvalue weighted by Gasteiger charge is -2.28. The summed E-state index contributed by atoms with van der Waals surface area (Å²) in [5.41, 5.74) is -0.245. The molecular formula is C13H16ClFO2. The predicted octanol–water partition coefficient (Wildman–Crippen LogP) is 2.69. The Bertz CT molecular complexity index is 402.